The Balaban J connectivity index is 1.98. The van der Waals surface area contributed by atoms with Gasteiger partial charge in [0, 0.05) is 19.1 Å². The van der Waals surface area contributed by atoms with Gasteiger partial charge in [-0.05, 0) is 42.1 Å². The Hall–Kier alpha value is -0.350. The highest BCUT2D eigenvalue weighted by atomic mass is 79.9. The summed E-state index contributed by atoms with van der Waals surface area (Å²) >= 11 is 3.62. The number of rotatable bonds is 5. The molecule has 1 heterocycles. The van der Waals surface area contributed by atoms with Crippen molar-refractivity contribution in [2.45, 2.75) is 52.7 Å². The first-order valence-electron chi connectivity index (χ1n) is 6.12. The van der Waals surface area contributed by atoms with Crippen LogP contribution in [0, 0.1) is 12.8 Å². The summed E-state index contributed by atoms with van der Waals surface area (Å²) in [5, 5.41) is 8.11. The molecule has 0 aliphatic heterocycles. The summed E-state index contributed by atoms with van der Waals surface area (Å²) in [5.41, 5.74) is 2.36. The predicted octanol–water partition coefficient (Wildman–Crippen LogP) is 2.86. The summed E-state index contributed by atoms with van der Waals surface area (Å²) in [7, 11) is 0. The Kier molecular flexibility index (Phi) is 3.70. The van der Waals surface area contributed by atoms with Crippen LogP contribution in [-0.4, -0.2) is 15.8 Å². The molecule has 90 valence electrons. The van der Waals surface area contributed by atoms with Gasteiger partial charge in [-0.25, -0.2) is 0 Å². The van der Waals surface area contributed by atoms with E-state index in [0.717, 1.165) is 35.2 Å². The van der Waals surface area contributed by atoms with E-state index >= 15 is 0 Å². The molecule has 0 radical (unpaired) electrons. The fraction of sp³-hybridized carbons (Fsp3) is 0.750. The van der Waals surface area contributed by atoms with E-state index in [4.69, 9.17) is 0 Å². The molecule has 0 bridgehead atoms. The van der Waals surface area contributed by atoms with Crippen molar-refractivity contribution in [3.05, 3.63) is 15.9 Å². The summed E-state index contributed by atoms with van der Waals surface area (Å²) in [6.45, 7) is 8.31. The fourth-order valence-corrected chi connectivity index (χ4v) is 2.64. The number of nitrogens with zero attached hydrogens (tertiary/aromatic N) is 2. The van der Waals surface area contributed by atoms with Gasteiger partial charge in [0.15, 0.2) is 0 Å². The van der Waals surface area contributed by atoms with Gasteiger partial charge in [0.25, 0.3) is 0 Å². The minimum Gasteiger partial charge on any atom is -0.308 e. The number of aromatic nitrogens is 2. The third kappa shape index (κ3) is 2.33. The SMILES string of the molecule is CCC1CC1NCc1c(Br)c(C)nn1CC. The van der Waals surface area contributed by atoms with Crippen LogP contribution in [0.2, 0.25) is 0 Å². The molecule has 0 aromatic carbocycles. The highest BCUT2D eigenvalue weighted by Gasteiger charge is 2.34. The van der Waals surface area contributed by atoms with E-state index in [9.17, 15) is 0 Å². The maximum Gasteiger partial charge on any atom is 0.0739 e. The number of aryl methyl sites for hydroxylation is 2. The van der Waals surface area contributed by atoms with Crippen molar-refractivity contribution in [1.82, 2.24) is 15.1 Å². The molecule has 2 atom stereocenters. The zero-order valence-corrected chi connectivity index (χ0v) is 11.8. The highest BCUT2D eigenvalue weighted by molar-refractivity contribution is 9.10. The van der Waals surface area contributed by atoms with Crippen molar-refractivity contribution in [2.24, 2.45) is 5.92 Å². The molecule has 0 saturated heterocycles. The van der Waals surface area contributed by atoms with E-state index in [1.54, 1.807) is 0 Å². The lowest BCUT2D eigenvalue weighted by Gasteiger charge is -2.07. The zero-order chi connectivity index (χ0) is 11.7. The second-order valence-electron chi connectivity index (χ2n) is 4.55. The molecule has 3 nitrogen and oxygen atoms in total. The van der Waals surface area contributed by atoms with E-state index in [1.165, 1.54) is 18.5 Å². The molecule has 2 unspecified atom stereocenters. The minimum absolute atomic E-state index is 0.734. The van der Waals surface area contributed by atoms with Gasteiger partial charge < -0.3 is 5.32 Å². The molecular formula is C12H20BrN3. The highest BCUT2D eigenvalue weighted by Crippen LogP contribution is 2.33. The van der Waals surface area contributed by atoms with Crippen molar-refractivity contribution in [3.63, 3.8) is 0 Å². The van der Waals surface area contributed by atoms with Crippen LogP contribution in [0.25, 0.3) is 0 Å². The van der Waals surface area contributed by atoms with Gasteiger partial charge in [0.05, 0.1) is 15.9 Å². The van der Waals surface area contributed by atoms with Crippen molar-refractivity contribution in [2.75, 3.05) is 0 Å². The van der Waals surface area contributed by atoms with Crippen LogP contribution in [0.15, 0.2) is 4.47 Å². The van der Waals surface area contributed by atoms with E-state index < -0.39 is 0 Å². The molecule has 1 fully saturated rings. The van der Waals surface area contributed by atoms with Crippen molar-refractivity contribution < 1.29 is 0 Å². The van der Waals surface area contributed by atoms with Gasteiger partial charge in [-0.2, -0.15) is 5.10 Å². The first-order valence-corrected chi connectivity index (χ1v) is 6.91. The van der Waals surface area contributed by atoms with Crippen LogP contribution in [0.4, 0.5) is 0 Å². The fourth-order valence-electron chi connectivity index (χ4n) is 2.21. The van der Waals surface area contributed by atoms with Crippen molar-refractivity contribution >= 4 is 15.9 Å². The molecule has 1 saturated carbocycles. The average Bonchev–Trinajstić information content (AvgIpc) is 2.99. The summed E-state index contributed by atoms with van der Waals surface area (Å²) in [4.78, 5) is 0. The third-order valence-corrected chi connectivity index (χ3v) is 4.46. The molecular weight excluding hydrogens is 266 g/mol. The van der Waals surface area contributed by atoms with Gasteiger partial charge in [-0.3, -0.25) is 4.68 Å². The van der Waals surface area contributed by atoms with E-state index in [2.05, 4.69) is 44.9 Å². The quantitative estimate of drug-likeness (QED) is 0.902. The lowest BCUT2D eigenvalue weighted by atomic mass is 10.3. The topological polar surface area (TPSA) is 29.9 Å². The average molecular weight is 286 g/mol. The molecule has 0 amide bonds. The molecule has 1 aromatic heterocycles. The monoisotopic (exact) mass is 285 g/mol. The van der Waals surface area contributed by atoms with Gasteiger partial charge in [-0.15, -0.1) is 0 Å². The first-order chi connectivity index (χ1) is 7.67. The number of hydrogen-bond donors (Lipinski definition) is 1. The molecule has 1 aromatic rings. The Morgan fingerprint density at radius 1 is 1.50 bits per heavy atom. The smallest absolute Gasteiger partial charge is 0.0739 e. The van der Waals surface area contributed by atoms with Crippen LogP contribution < -0.4 is 5.32 Å². The third-order valence-electron chi connectivity index (χ3n) is 3.43. The van der Waals surface area contributed by atoms with Crippen LogP contribution >= 0.6 is 15.9 Å². The molecule has 1 N–H and O–H groups in total. The Morgan fingerprint density at radius 3 is 2.81 bits per heavy atom. The summed E-state index contributed by atoms with van der Waals surface area (Å²) in [5.74, 6) is 0.901. The molecule has 2 rings (SSSR count). The standard InChI is InChI=1S/C12H20BrN3/c1-4-9-6-10(9)14-7-11-12(13)8(3)15-16(11)5-2/h9-10,14H,4-7H2,1-3H3. The maximum absolute atomic E-state index is 4.50. The number of nitrogens with one attached hydrogen (secondary N) is 1. The summed E-state index contributed by atoms with van der Waals surface area (Å²) in [6, 6.07) is 0.734. The van der Waals surface area contributed by atoms with E-state index in [-0.39, 0.29) is 0 Å². The van der Waals surface area contributed by atoms with Gasteiger partial charge in [0.2, 0.25) is 0 Å². The van der Waals surface area contributed by atoms with Crippen LogP contribution in [-0.2, 0) is 13.1 Å². The minimum atomic E-state index is 0.734. The van der Waals surface area contributed by atoms with Crippen LogP contribution in [0.3, 0.4) is 0 Å². The van der Waals surface area contributed by atoms with Crippen LogP contribution in [0.1, 0.15) is 38.1 Å². The molecule has 16 heavy (non-hydrogen) atoms. The summed E-state index contributed by atoms with van der Waals surface area (Å²) in [6.07, 6.45) is 2.64. The zero-order valence-electron chi connectivity index (χ0n) is 10.3. The lowest BCUT2D eigenvalue weighted by molar-refractivity contribution is 0.560. The Bertz CT molecular complexity index is 373. The van der Waals surface area contributed by atoms with Crippen molar-refractivity contribution in [1.29, 1.82) is 0 Å². The molecule has 0 spiro atoms. The largest absolute Gasteiger partial charge is 0.308 e. The Labute approximate surface area is 106 Å². The second-order valence-corrected chi connectivity index (χ2v) is 5.35. The van der Waals surface area contributed by atoms with Gasteiger partial charge in [-0.1, -0.05) is 13.3 Å². The second kappa shape index (κ2) is 4.88. The summed E-state index contributed by atoms with van der Waals surface area (Å²) < 4.78 is 3.24. The molecule has 4 heteroatoms. The maximum atomic E-state index is 4.50. The van der Waals surface area contributed by atoms with Crippen LogP contribution in [0.5, 0.6) is 0 Å². The van der Waals surface area contributed by atoms with Gasteiger partial charge >= 0.3 is 0 Å². The van der Waals surface area contributed by atoms with E-state index in [0.29, 0.717) is 0 Å². The Morgan fingerprint density at radius 2 is 2.25 bits per heavy atom. The lowest BCUT2D eigenvalue weighted by Crippen LogP contribution is -2.20. The van der Waals surface area contributed by atoms with E-state index in [1.807, 2.05) is 6.92 Å². The predicted molar refractivity (Wildman–Crippen MR) is 69.4 cm³/mol. The first kappa shape index (κ1) is 12.1. The van der Waals surface area contributed by atoms with Crippen molar-refractivity contribution in [3.8, 4) is 0 Å². The number of halogens is 1. The van der Waals surface area contributed by atoms with Gasteiger partial charge in [0.1, 0.15) is 0 Å². The number of hydrogen-bond acceptors (Lipinski definition) is 2. The molecule has 1 aliphatic rings. The normalized spacial score (nSPS) is 23.8. The molecule has 1 aliphatic carbocycles.